The molecule has 168 valence electrons. The Labute approximate surface area is 199 Å². The van der Waals surface area contributed by atoms with Crippen LogP contribution in [0.3, 0.4) is 0 Å². The van der Waals surface area contributed by atoms with E-state index >= 15 is 0 Å². The van der Waals surface area contributed by atoms with E-state index < -0.39 is 0 Å². The molecule has 0 saturated carbocycles. The zero-order chi connectivity index (χ0) is 23.4. The number of amides is 1. The maximum Gasteiger partial charge on any atom is 0.234 e. The molecule has 0 radical (unpaired) electrons. The number of carbonyl (C=O) groups is 1. The smallest absolute Gasteiger partial charge is 0.234 e. The van der Waals surface area contributed by atoms with E-state index in [1.807, 2.05) is 41.0 Å². The molecular formula is C24H20ClFN4O2S. The Balaban J connectivity index is 1.59. The molecule has 0 bridgehead atoms. The maximum atomic E-state index is 13.8. The van der Waals surface area contributed by atoms with Gasteiger partial charge in [0.15, 0.2) is 11.0 Å². The number of aromatic nitrogens is 3. The summed E-state index contributed by atoms with van der Waals surface area (Å²) in [4.78, 5) is 12.5. The highest BCUT2D eigenvalue weighted by Gasteiger charge is 2.18. The first-order valence-corrected chi connectivity index (χ1v) is 11.4. The molecule has 1 amide bonds. The van der Waals surface area contributed by atoms with Crippen molar-refractivity contribution in [1.82, 2.24) is 14.8 Å². The lowest BCUT2D eigenvalue weighted by Gasteiger charge is -2.11. The predicted octanol–water partition coefficient (Wildman–Crippen LogP) is 5.77. The van der Waals surface area contributed by atoms with Crippen molar-refractivity contribution < 1.29 is 13.9 Å². The van der Waals surface area contributed by atoms with Gasteiger partial charge in [-0.2, -0.15) is 0 Å². The first kappa shape index (κ1) is 22.8. The fourth-order valence-electron chi connectivity index (χ4n) is 3.11. The third-order valence-electron chi connectivity index (χ3n) is 4.85. The molecule has 6 nitrogen and oxygen atoms in total. The molecule has 0 aliphatic carbocycles. The molecule has 0 unspecified atom stereocenters. The number of methoxy groups -OCH3 is 1. The number of thioether (sulfide) groups is 1. The van der Waals surface area contributed by atoms with Crippen LogP contribution in [0.25, 0.3) is 17.1 Å². The molecule has 0 spiro atoms. The lowest BCUT2D eigenvalue weighted by atomic mass is 10.2. The number of halogens is 2. The number of hydrogen-bond donors (Lipinski definition) is 1. The van der Waals surface area contributed by atoms with Gasteiger partial charge in [0, 0.05) is 22.0 Å². The highest BCUT2D eigenvalue weighted by molar-refractivity contribution is 7.99. The molecule has 4 rings (SSSR count). The number of nitrogens with one attached hydrogen (secondary N) is 1. The minimum absolute atomic E-state index is 0.0732. The molecule has 4 aromatic rings. The summed E-state index contributed by atoms with van der Waals surface area (Å²) in [6.45, 7) is 1.67. The lowest BCUT2D eigenvalue weighted by Crippen LogP contribution is -2.14. The number of benzene rings is 3. The second kappa shape index (κ2) is 10.1. The Hall–Kier alpha value is -3.36. The van der Waals surface area contributed by atoms with Crippen LogP contribution in [0, 0.1) is 12.7 Å². The van der Waals surface area contributed by atoms with Crippen LogP contribution >= 0.6 is 23.4 Å². The fourth-order valence-corrected chi connectivity index (χ4v) is 3.99. The highest BCUT2D eigenvalue weighted by atomic mass is 35.5. The van der Waals surface area contributed by atoms with Crippen LogP contribution < -0.4 is 10.1 Å². The van der Waals surface area contributed by atoms with E-state index in [1.165, 1.54) is 17.8 Å². The molecule has 9 heteroatoms. The number of hydrogen-bond acceptors (Lipinski definition) is 5. The van der Waals surface area contributed by atoms with Gasteiger partial charge in [-0.15, -0.1) is 10.2 Å². The third-order valence-corrected chi connectivity index (χ3v) is 6.04. The summed E-state index contributed by atoms with van der Waals surface area (Å²) in [5.41, 5.74) is 2.56. The molecule has 3 aromatic carbocycles. The van der Waals surface area contributed by atoms with Crippen LogP contribution in [0.1, 0.15) is 5.56 Å². The van der Waals surface area contributed by atoms with Gasteiger partial charge in [-0.1, -0.05) is 29.4 Å². The summed E-state index contributed by atoms with van der Waals surface area (Å²) >= 11 is 7.29. The maximum absolute atomic E-state index is 13.8. The summed E-state index contributed by atoms with van der Waals surface area (Å²) in [6, 6.07) is 19.3. The van der Waals surface area contributed by atoms with Crippen LogP contribution in [0.5, 0.6) is 5.75 Å². The van der Waals surface area contributed by atoms with Gasteiger partial charge in [-0.05, 0) is 73.2 Å². The number of ether oxygens (including phenoxy) is 1. The second-order valence-electron chi connectivity index (χ2n) is 7.15. The van der Waals surface area contributed by atoms with E-state index in [-0.39, 0.29) is 17.5 Å². The quantitative estimate of drug-likeness (QED) is 0.338. The largest absolute Gasteiger partial charge is 0.497 e. The summed E-state index contributed by atoms with van der Waals surface area (Å²) < 4.78 is 20.9. The van der Waals surface area contributed by atoms with Crippen LogP contribution in [-0.4, -0.2) is 33.5 Å². The molecule has 0 saturated heterocycles. The van der Waals surface area contributed by atoms with Crippen molar-refractivity contribution in [3.63, 3.8) is 0 Å². The van der Waals surface area contributed by atoms with E-state index in [2.05, 4.69) is 15.5 Å². The van der Waals surface area contributed by atoms with Crippen molar-refractivity contribution in [2.75, 3.05) is 18.2 Å². The summed E-state index contributed by atoms with van der Waals surface area (Å²) in [5, 5.41) is 12.5. The van der Waals surface area contributed by atoms with E-state index in [0.717, 1.165) is 17.0 Å². The van der Waals surface area contributed by atoms with Crippen molar-refractivity contribution in [1.29, 1.82) is 0 Å². The Morgan fingerprint density at radius 3 is 2.48 bits per heavy atom. The first-order chi connectivity index (χ1) is 15.9. The molecule has 0 aliphatic rings. The van der Waals surface area contributed by atoms with Gasteiger partial charge < -0.3 is 10.1 Å². The second-order valence-corrected chi connectivity index (χ2v) is 8.53. The first-order valence-electron chi connectivity index (χ1n) is 9.99. The van der Waals surface area contributed by atoms with E-state index in [4.69, 9.17) is 16.3 Å². The van der Waals surface area contributed by atoms with Gasteiger partial charge in [0.1, 0.15) is 11.6 Å². The fraction of sp³-hybridized carbons (Fsp3) is 0.125. The third kappa shape index (κ3) is 5.35. The number of nitrogens with zero attached hydrogens (tertiary/aromatic N) is 3. The molecule has 1 heterocycles. The Kier molecular flexibility index (Phi) is 6.96. The van der Waals surface area contributed by atoms with Gasteiger partial charge in [-0.3, -0.25) is 9.36 Å². The monoisotopic (exact) mass is 482 g/mol. The zero-order valence-corrected chi connectivity index (χ0v) is 19.5. The molecule has 0 fully saturated rings. The molecule has 0 atom stereocenters. The standard InChI is InChI=1S/C24H20ClFN4O2S/c1-15-3-8-18(13-21(15)26)27-22(31)14-33-24-29-28-23(16-4-11-20(32-2)12-5-16)30(24)19-9-6-17(25)7-10-19/h3-13H,14H2,1-2H3,(H,27,31). The van der Waals surface area contributed by atoms with Gasteiger partial charge in [0.2, 0.25) is 5.91 Å². The van der Waals surface area contributed by atoms with Crippen molar-refractivity contribution >= 4 is 35.0 Å². The predicted molar refractivity (Wildman–Crippen MR) is 129 cm³/mol. The number of aryl methyl sites for hydroxylation is 1. The average Bonchev–Trinajstić information content (AvgIpc) is 3.24. The Morgan fingerprint density at radius 2 is 1.82 bits per heavy atom. The topological polar surface area (TPSA) is 69.0 Å². The van der Waals surface area contributed by atoms with E-state index in [1.54, 1.807) is 38.3 Å². The van der Waals surface area contributed by atoms with Crippen LogP contribution in [0.2, 0.25) is 5.02 Å². The Bertz CT molecular complexity index is 1280. The molecule has 33 heavy (non-hydrogen) atoms. The minimum Gasteiger partial charge on any atom is -0.497 e. The summed E-state index contributed by atoms with van der Waals surface area (Å²) in [6.07, 6.45) is 0. The average molecular weight is 483 g/mol. The van der Waals surface area contributed by atoms with Gasteiger partial charge in [0.05, 0.1) is 12.9 Å². The molecule has 1 N–H and O–H groups in total. The number of carbonyl (C=O) groups excluding carboxylic acids is 1. The van der Waals surface area contributed by atoms with Crippen LogP contribution in [0.15, 0.2) is 71.9 Å². The van der Waals surface area contributed by atoms with Crippen molar-refractivity contribution in [3.8, 4) is 22.8 Å². The summed E-state index contributed by atoms with van der Waals surface area (Å²) in [7, 11) is 1.61. The van der Waals surface area contributed by atoms with Crippen molar-refractivity contribution in [2.45, 2.75) is 12.1 Å². The van der Waals surface area contributed by atoms with Crippen LogP contribution in [-0.2, 0) is 4.79 Å². The van der Waals surface area contributed by atoms with E-state index in [9.17, 15) is 9.18 Å². The highest BCUT2D eigenvalue weighted by Crippen LogP contribution is 2.29. The van der Waals surface area contributed by atoms with Crippen molar-refractivity contribution in [3.05, 3.63) is 83.1 Å². The van der Waals surface area contributed by atoms with Gasteiger partial charge in [0.25, 0.3) is 0 Å². The van der Waals surface area contributed by atoms with Gasteiger partial charge in [-0.25, -0.2) is 4.39 Å². The molecule has 1 aromatic heterocycles. The minimum atomic E-state index is -0.368. The van der Waals surface area contributed by atoms with Crippen LogP contribution in [0.4, 0.5) is 10.1 Å². The zero-order valence-electron chi connectivity index (χ0n) is 17.9. The summed E-state index contributed by atoms with van der Waals surface area (Å²) in [5.74, 6) is 0.773. The molecular weight excluding hydrogens is 463 g/mol. The van der Waals surface area contributed by atoms with E-state index in [0.29, 0.717) is 27.3 Å². The number of rotatable bonds is 7. The molecule has 0 aliphatic heterocycles. The van der Waals surface area contributed by atoms with Gasteiger partial charge >= 0.3 is 0 Å². The van der Waals surface area contributed by atoms with Crippen molar-refractivity contribution in [2.24, 2.45) is 0 Å². The normalized spacial score (nSPS) is 10.8. The SMILES string of the molecule is COc1ccc(-c2nnc(SCC(=O)Nc3ccc(C)c(F)c3)n2-c2ccc(Cl)cc2)cc1. The number of anilines is 1. The lowest BCUT2D eigenvalue weighted by molar-refractivity contribution is -0.113. The Morgan fingerprint density at radius 1 is 1.09 bits per heavy atom.